The van der Waals surface area contributed by atoms with Gasteiger partial charge in [-0.05, 0) is 74.8 Å². The molecule has 0 radical (unpaired) electrons. The maximum Gasteiger partial charge on any atom is 0.257 e. The van der Waals surface area contributed by atoms with Crippen molar-refractivity contribution in [2.24, 2.45) is 11.8 Å². The van der Waals surface area contributed by atoms with Gasteiger partial charge in [-0.2, -0.15) is 0 Å². The Morgan fingerprint density at radius 1 is 0.912 bits per heavy atom. The highest BCUT2D eigenvalue weighted by atomic mass is 35.5. The Bertz CT molecular complexity index is 1040. The van der Waals surface area contributed by atoms with Crippen LogP contribution in [0, 0.1) is 11.8 Å². The van der Waals surface area contributed by atoms with Crippen LogP contribution in [0.5, 0.6) is 0 Å². The Hall–Kier alpha value is -2.86. The summed E-state index contributed by atoms with van der Waals surface area (Å²) in [4.78, 5) is 40.1. The first-order valence-electron chi connectivity index (χ1n) is 12.2. The molecule has 180 valence electrons. The minimum atomic E-state index is -0.325. The number of carbonyl (C=O) groups is 3. The average Bonchev–Trinajstić information content (AvgIpc) is 2.85. The van der Waals surface area contributed by atoms with E-state index in [9.17, 15) is 14.4 Å². The molecule has 7 heteroatoms. The fraction of sp³-hybridized carbons (Fsp3) is 0.444. The predicted molar refractivity (Wildman–Crippen MR) is 134 cm³/mol. The Kier molecular flexibility index (Phi) is 7.88. The third-order valence-electron chi connectivity index (χ3n) is 7.00. The van der Waals surface area contributed by atoms with Crippen molar-refractivity contribution in [1.82, 2.24) is 10.2 Å². The first-order valence-corrected chi connectivity index (χ1v) is 12.5. The van der Waals surface area contributed by atoms with Crippen LogP contribution in [0.3, 0.4) is 0 Å². The molecule has 1 aliphatic heterocycles. The van der Waals surface area contributed by atoms with E-state index in [1.807, 2.05) is 0 Å². The molecule has 0 spiro atoms. The van der Waals surface area contributed by atoms with Gasteiger partial charge in [0.2, 0.25) is 5.91 Å². The highest BCUT2D eigenvalue weighted by Gasteiger charge is 2.30. The van der Waals surface area contributed by atoms with Crippen LogP contribution in [0.4, 0.5) is 5.69 Å². The SMILES string of the molecule is CC1CCC(NC(=O)C2CCN(C(=O)c3cccc(NC(=O)c4ccccc4Cl)c3)CC2)CC1. The van der Waals surface area contributed by atoms with Gasteiger partial charge in [0, 0.05) is 36.3 Å². The monoisotopic (exact) mass is 481 g/mol. The van der Waals surface area contributed by atoms with Gasteiger partial charge in [0.15, 0.2) is 0 Å². The van der Waals surface area contributed by atoms with Crippen molar-refractivity contribution in [3.8, 4) is 0 Å². The molecule has 2 aromatic carbocycles. The molecule has 34 heavy (non-hydrogen) atoms. The first-order chi connectivity index (χ1) is 16.4. The Balaban J connectivity index is 1.30. The first kappa shape index (κ1) is 24.3. The third-order valence-corrected chi connectivity index (χ3v) is 7.33. The zero-order valence-corrected chi connectivity index (χ0v) is 20.3. The van der Waals surface area contributed by atoms with Crippen molar-refractivity contribution in [1.29, 1.82) is 0 Å². The van der Waals surface area contributed by atoms with Crippen molar-refractivity contribution >= 4 is 35.0 Å². The van der Waals surface area contributed by atoms with E-state index in [-0.39, 0.29) is 23.6 Å². The van der Waals surface area contributed by atoms with Crippen molar-refractivity contribution in [2.45, 2.75) is 51.5 Å². The lowest BCUT2D eigenvalue weighted by molar-refractivity contribution is -0.127. The van der Waals surface area contributed by atoms with Crippen molar-refractivity contribution in [3.63, 3.8) is 0 Å². The number of halogens is 1. The number of nitrogens with one attached hydrogen (secondary N) is 2. The molecular weight excluding hydrogens is 450 g/mol. The van der Waals surface area contributed by atoms with Gasteiger partial charge in [-0.25, -0.2) is 0 Å². The number of likely N-dealkylation sites (tertiary alicyclic amines) is 1. The fourth-order valence-corrected chi connectivity index (χ4v) is 5.05. The van der Waals surface area contributed by atoms with Gasteiger partial charge >= 0.3 is 0 Å². The molecule has 6 nitrogen and oxygen atoms in total. The second-order valence-corrected chi connectivity index (χ2v) is 9.95. The maximum absolute atomic E-state index is 13.1. The van der Waals surface area contributed by atoms with Gasteiger partial charge in [0.05, 0.1) is 10.6 Å². The molecule has 0 atom stereocenters. The standard InChI is InChI=1S/C27H32ClN3O3/c1-18-9-11-21(12-10-18)29-25(32)19-13-15-31(16-14-19)27(34)20-5-4-6-22(17-20)30-26(33)23-7-2-3-8-24(23)28/h2-8,17-19,21H,9-16H2,1H3,(H,29,32)(H,30,33). The molecule has 2 N–H and O–H groups in total. The number of amides is 3. The van der Waals surface area contributed by atoms with E-state index in [4.69, 9.17) is 11.6 Å². The zero-order chi connectivity index (χ0) is 24.1. The quantitative estimate of drug-likeness (QED) is 0.620. The van der Waals surface area contributed by atoms with Crippen LogP contribution in [0.15, 0.2) is 48.5 Å². The van der Waals surface area contributed by atoms with Crippen LogP contribution in [0.25, 0.3) is 0 Å². The Morgan fingerprint density at radius 3 is 2.32 bits per heavy atom. The summed E-state index contributed by atoms with van der Waals surface area (Å²) in [6.07, 6.45) is 5.82. The second-order valence-electron chi connectivity index (χ2n) is 9.55. The van der Waals surface area contributed by atoms with Gasteiger partial charge in [-0.3, -0.25) is 14.4 Å². The topological polar surface area (TPSA) is 78.5 Å². The van der Waals surface area contributed by atoms with E-state index in [0.29, 0.717) is 53.8 Å². The molecule has 1 saturated heterocycles. The molecule has 0 unspecified atom stereocenters. The van der Waals surface area contributed by atoms with E-state index < -0.39 is 0 Å². The number of piperidine rings is 1. The van der Waals surface area contributed by atoms with Crippen LogP contribution in [0.1, 0.15) is 66.2 Å². The van der Waals surface area contributed by atoms with Gasteiger partial charge in [-0.1, -0.05) is 36.7 Å². The molecule has 4 rings (SSSR count). The molecule has 3 amide bonds. The third kappa shape index (κ3) is 5.98. The fourth-order valence-electron chi connectivity index (χ4n) is 4.82. The van der Waals surface area contributed by atoms with E-state index in [2.05, 4.69) is 17.6 Å². The minimum absolute atomic E-state index is 0.0374. The van der Waals surface area contributed by atoms with Crippen LogP contribution >= 0.6 is 11.6 Å². The van der Waals surface area contributed by atoms with Crippen molar-refractivity contribution in [2.75, 3.05) is 18.4 Å². The van der Waals surface area contributed by atoms with E-state index in [0.717, 1.165) is 18.8 Å². The Morgan fingerprint density at radius 2 is 1.62 bits per heavy atom. The number of hydrogen-bond donors (Lipinski definition) is 2. The van der Waals surface area contributed by atoms with Crippen LogP contribution in [0.2, 0.25) is 5.02 Å². The lowest BCUT2D eigenvalue weighted by Gasteiger charge is -2.33. The highest BCUT2D eigenvalue weighted by molar-refractivity contribution is 6.34. The molecule has 2 fully saturated rings. The number of rotatable bonds is 5. The summed E-state index contributed by atoms with van der Waals surface area (Å²) in [7, 11) is 0. The molecular formula is C27H32ClN3O3. The van der Waals surface area contributed by atoms with Crippen molar-refractivity contribution < 1.29 is 14.4 Å². The second kappa shape index (κ2) is 11.0. The summed E-state index contributed by atoms with van der Waals surface area (Å²) in [5, 5.41) is 6.42. The summed E-state index contributed by atoms with van der Waals surface area (Å²) in [5.41, 5.74) is 1.42. The average molecular weight is 482 g/mol. The zero-order valence-electron chi connectivity index (χ0n) is 19.6. The van der Waals surface area contributed by atoms with Crippen LogP contribution in [-0.2, 0) is 4.79 Å². The summed E-state index contributed by atoms with van der Waals surface area (Å²) in [6, 6.07) is 14.1. The summed E-state index contributed by atoms with van der Waals surface area (Å²) >= 11 is 6.11. The predicted octanol–water partition coefficient (Wildman–Crippen LogP) is 5.14. The normalized spacial score (nSPS) is 21.1. The molecule has 0 bridgehead atoms. The number of hydrogen-bond acceptors (Lipinski definition) is 3. The number of nitrogens with zero attached hydrogens (tertiary/aromatic N) is 1. The van der Waals surface area contributed by atoms with Crippen LogP contribution in [-0.4, -0.2) is 41.8 Å². The van der Waals surface area contributed by atoms with Gasteiger partial charge in [-0.15, -0.1) is 0 Å². The minimum Gasteiger partial charge on any atom is -0.353 e. The van der Waals surface area contributed by atoms with Gasteiger partial charge < -0.3 is 15.5 Å². The van der Waals surface area contributed by atoms with Gasteiger partial charge in [0.25, 0.3) is 11.8 Å². The number of carbonyl (C=O) groups excluding carboxylic acids is 3. The van der Waals surface area contributed by atoms with Crippen molar-refractivity contribution in [3.05, 3.63) is 64.7 Å². The summed E-state index contributed by atoms with van der Waals surface area (Å²) in [5.74, 6) is 0.439. The van der Waals surface area contributed by atoms with E-state index in [1.54, 1.807) is 53.4 Å². The maximum atomic E-state index is 13.1. The summed E-state index contributed by atoms with van der Waals surface area (Å²) in [6.45, 7) is 3.37. The smallest absolute Gasteiger partial charge is 0.257 e. The molecule has 2 aromatic rings. The van der Waals surface area contributed by atoms with E-state index in [1.165, 1.54) is 12.8 Å². The number of benzene rings is 2. The molecule has 1 aliphatic carbocycles. The molecule has 0 aromatic heterocycles. The largest absolute Gasteiger partial charge is 0.353 e. The molecule has 1 heterocycles. The molecule has 2 aliphatic rings. The lowest BCUT2D eigenvalue weighted by Crippen LogP contribution is -2.46. The number of anilines is 1. The van der Waals surface area contributed by atoms with E-state index >= 15 is 0 Å². The Labute approximate surface area is 206 Å². The van der Waals surface area contributed by atoms with Gasteiger partial charge in [0.1, 0.15) is 0 Å². The van der Waals surface area contributed by atoms with Crippen LogP contribution < -0.4 is 10.6 Å². The lowest BCUT2D eigenvalue weighted by atomic mass is 9.86. The molecule has 1 saturated carbocycles. The summed E-state index contributed by atoms with van der Waals surface area (Å²) < 4.78 is 0. The highest BCUT2D eigenvalue weighted by Crippen LogP contribution is 2.25.